The van der Waals surface area contributed by atoms with Gasteiger partial charge in [0.05, 0.1) is 0 Å². The lowest BCUT2D eigenvalue weighted by molar-refractivity contribution is 0.0906. The van der Waals surface area contributed by atoms with E-state index in [-0.39, 0.29) is 11.4 Å². The van der Waals surface area contributed by atoms with E-state index in [0.717, 1.165) is 0 Å². The number of rotatable bonds is 1. The van der Waals surface area contributed by atoms with E-state index in [4.69, 9.17) is 0 Å². The number of nitrogens with one attached hydrogen (secondary N) is 2. The van der Waals surface area contributed by atoms with Gasteiger partial charge in [0, 0.05) is 5.54 Å². The van der Waals surface area contributed by atoms with E-state index < -0.39 is 11.7 Å². The molecule has 1 aromatic heterocycles. The number of aromatic nitrogens is 2. The molecule has 0 atom stereocenters. The predicted molar refractivity (Wildman–Crippen MR) is 44.3 cm³/mol. The number of carbonyl (C=O) groups excluding carboxylic acids is 1. The van der Waals surface area contributed by atoms with Crippen LogP contribution in [-0.4, -0.2) is 21.6 Å². The number of carbonyl (C=O) groups is 1. The Morgan fingerprint density at radius 1 is 1.54 bits per heavy atom. The molecule has 0 saturated heterocycles. The van der Waals surface area contributed by atoms with Crippen LogP contribution < -0.4 is 11.1 Å². The molecule has 0 aliphatic heterocycles. The second-order valence-electron chi connectivity index (χ2n) is 3.65. The van der Waals surface area contributed by atoms with Crippen molar-refractivity contribution in [2.45, 2.75) is 26.3 Å². The minimum absolute atomic E-state index is 0.111. The number of H-pyrrole nitrogens is 1. The van der Waals surface area contributed by atoms with Gasteiger partial charge in [-0.15, -0.1) is 0 Å². The number of nitrogens with zero attached hydrogens (tertiary/aromatic N) is 1. The standard InChI is InChI=1S/C7H11N3O3/c1-7(2,3)9-5(11)4-8-6(12)13-10-4/h1-3H3,(H,9,11)(H,8,10,12). The smallest absolute Gasteiger partial charge is 0.345 e. The van der Waals surface area contributed by atoms with Gasteiger partial charge in [-0.1, -0.05) is 0 Å². The van der Waals surface area contributed by atoms with E-state index in [0.29, 0.717) is 0 Å². The molecule has 0 unspecified atom stereocenters. The van der Waals surface area contributed by atoms with E-state index in [2.05, 4.69) is 20.0 Å². The second-order valence-corrected chi connectivity index (χ2v) is 3.65. The van der Waals surface area contributed by atoms with Crippen molar-refractivity contribution in [3.8, 4) is 0 Å². The molecule has 2 N–H and O–H groups in total. The van der Waals surface area contributed by atoms with Crippen LogP contribution in [0.25, 0.3) is 0 Å². The van der Waals surface area contributed by atoms with Gasteiger partial charge in [0.25, 0.3) is 5.91 Å². The molecule has 0 bridgehead atoms. The predicted octanol–water partition coefficient (Wildman–Crippen LogP) is -0.109. The summed E-state index contributed by atoms with van der Waals surface area (Å²) in [5, 5.41) is 5.86. The van der Waals surface area contributed by atoms with Crippen LogP contribution in [0.5, 0.6) is 0 Å². The molecular formula is C7H11N3O3. The minimum atomic E-state index is -0.737. The fraction of sp³-hybridized carbons (Fsp3) is 0.571. The molecule has 6 nitrogen and oxygen atoms in total. The fourth-order valence-corrected chi connectivity index (χ4v) is 0.727. The maximum absolute atomic E-state index is 11.3. The van der Waals surface area contributed by atoms with Gasteiger partial charge in [-0.05, 0) is 25.9 Å². The Kier molecular flexibility index (Phi) is 2.22. The van der Waals surface area contributed by atoms with E-state index in [1.54, 1.807) is 0 Å². The topological polar surface area (TPSA) is 88.0 Å². The molecule has 13 heavy (non-hydrogen) atoms. The number of hydrogen-bond donors (Lipinski definition) is 2. The zero-order valence-corrected chi connectivity index (χ0v) is 7.67. The summed E-state index contributed by atoms with van der Waals surface area (Å²) >= 11 is 0. The largest absolute Gasteiger partial charge is 0.439 e. The molecule has 72 valence electrons. The van der Waals surface area contributed by atoms with E-state index in [9.17, 15) is 9.59 Å². The molecule has 0 spiro atoms. The Labute approximate surface area is 74.3 Å². The van der Waals surface area contributed by atoms with Crippen molar-refractivity contribution in [1.82, 2.24) is 15.5 Å². The summed E-state index contributed by atoms with van der Waals surface area (Å²) < 4.78 is 4.18. The Bertz CT molecular complexity index is 358. The van der Waals surface area contributed by atoms with Crippen molar-refractivity contribution in [1.29, 1.82) is 0 Å². The van der Waals surface area contributed by atoms with Gasteiger partial charge >= 0.3 is 5.76 Å². The third-order valence-electron chi connectivity index (χ3n) is 1.14. The van der Waals surface area contributed by atoms with Gasteiger partial charge in [-0.2, -0.15) is 0 Å². The van der Waals surface area contributed by atoms with Crippen molar-refractivity contribution in [2.75, 3.05) is 0 Å². The molecule has 0 aromatic carbocycles. The van der Waals surface area contributed by atoms with Crippen molar-refractivity contribution in [3.63, 3.8) is 0 Å². The van der Waals surface area contributed by atoms with Gasteiger partial charge in [-0.25, -0.2) is 4.79 Å². The normalized spacial score (nSPS) is 11.3. The molecule has 0 radical (unpaired) electrons. The number of aromatic amines is 1. The first kappa shape index (κ1) is 9.50. The van der Waals surface area contributed by atoms with Gasteiger partial charge in [0.2, 0.25) is 5.82 Å². The lowest BCUT2D eigenvalue weighted by atomic mass is 10.1. The molecule has 0 aliphatic carbocycles. The molecule has 1 heterocycles. The Morgan fingerprint density at radius 3 is 2.54 bits per heavy atom. The first-order valence-electron chi connectivity index (χ1n) is 3.77. The maximum Gasteiger partial charge on any atom is 0.439 e. The molecule has 0 fully saturated rings. The zero-order chi connectivity index (χ0) is 10.1. The minimum Gasteiger partial charge on any atom is -0.345 e. The molecule has 1 rings (SSSR count). The Hall–Kier alpha value is -1.59. The van der Waals surface area contributed by atoms with Crippen molar-refractivity contribution < 1.29 is 9.32 Å². The van der Waals surface area contributed by atoms with Crippen LogP contribution in [0.15, 0.2) is 9.32 Å². The highest BCUT2D eigenvalue weighted by atomic mass is 16.5. The van der Waals surface area contributed by atoms with Gasteiger partial charge < -0.3 is 5.32 Å². The van der Waals surface area contributed by atoms with E-state index in [1.807, 2.05) is 20.8 Å². The van der Waals surface area contributed by atoms with Gasteiger partial charge in [0.15, 0.2) is 0 Å². The summed E-state index contributed by atoms with van der Waals surface area (Å²) in [6, 6.07) is 0. The first-order chi connectivity index (χ1) is 5.88. The third-order valence-corrected chi connectivity index (χ3v) is 1.14. The molecule has 6 heteroatoms. The van der Waals surface area contributed by atoms with Crippen molar-refractivity contribution >= 4 is 5.91 Å². The summed E-state index contributed by atoms with van der Waals surface area (Å²) in [5.41, 5.74) is -0.368. The van der Waals surface area contributed by atoms with Crippen molar-refractivity contribution in [2.24, 2.45) is 0 Å². The van der Waals surface area contributed by atoms with E-state index >= 15 is 0 Å². The first-order valence-corrected chi connectivity index (χ1v) is 3.77. The lowest BCUT2D eigenvalue weighted by Gasteiger charge is -2.18. The molecular weight excluding hydrogens is 174 g/mol. The van der Waals surface area contributed by atoms with Gasteiger partial charge in [-0.3, -0.25) is 14.3 Å². The highest BCUT2D eigenvalue weighted by Gasteiger charge is 2.18. The zero-order valence-electron chi connectivity index (χ0n) is 7.67. The van der Waals surface area contributed by atoms with Crippen LogP contribution in [0, 0.1) is 0 Å². The highest BCUT2D eigenvalue weighted by Crippen LogP contribution is 1.99. The Morgan fingerprint density at radius 2 is 2.15 bits per heavy atom. The average Bonchev–Trinajstić information content (AvgIpc) is 2.31. The molecule has 0 aliphatic rings. The summed E-state index contributed by atoms with van der Waals surface area (Å²) in [6.07, 6.45) is 0. The molecule has 0 saturated carbocycles. The number of hydrogen-bond acceptors (Lipinski definition) is 4. The Balaban J connectivity index is 2.75. The van der Waals surface area contributed by atoms with Gasteiger partial charge in [0.1, 0.15) is 0 Å². The van der Waals surface area contributed by atoms with Crippen LogP contribution >= 0.6 is 0 Å². The SMILES string of the molecule is CC(C)(C)NC(=O)c1noc(=O)[nH]1. The van der Waals surface area contributed by atoms with Crippen LogP contribution in [-0.2, 0) is 0 Å². The quantitative estimate of drug-likeness (QED) is 0.639. The van der Waals surface area contributed by atoms with Crippen LogP contribution in [0.4, 0.5) is 0 Å². The average molecular weight is 185 g/mol. The van der Waals surface area contributed by atoms with Crippen LogP contribution in [0.2, 0.25) is 0 Å². The second kappa shape index (κ2) is 3.04. The molecule has 1 amide bonds. The summed E-state index contributed by atoms with van der Waals surface area (Å²) in [4.78, 5) is 23.9. The van der Waals surface area contributed by atoms with Crippen molar-refractivity contribution in [3.05, 3.63) is 16.4 Å². The monoisotopic (exact) mass is 185 g/mol. The van der Waals surface area contributed by atoms with Crippen LogP contribution in [0.1, 0.15) is 31.4 Å². The fourth-order valence-electron chi connectivity index (χ4n) is 0.727. The summed E-state index contributed by atoms with van der Waals surface area (Å²) in [7, 11) is 0. The summed E-state index contributed by atoms with van der Waals surface area (Å²) in [5.74, 6) is -1.31. The number of amides is 1. The maximum atomic E-state index is 11.3. The highest BCUT2D eigenvalue weighted by molar-refractivity contribution is 5.90. The van der Waals surface area contributed by atoms with E-state index in [1.165, 1.54) is 0 Å². The lowest BCUT2D eigenvalue weighted by Crippen LogP contribution is -2.41. The third kappa shape index (κ3) is 2.73. The van der Waals surface area contributed by atoms with Crippen LogP contribution in [0.3, 0.4) is 0 Å². The molecule has 1 aromatic rings. The summed E-state index contributed by atoms with van der Waals surface area (Å²) in [6.45, 7) is 5.47.